The van der Waals surface area contributed by atoms with Crippen molar-refractivity contribution in [2.24, 2.45) is 0 Å². The Kier molecular flexibility index (Phi) is 5.82. The maximum absolute atomic E-state index is 12.5. The quantitative estimate of drug-likeness (QED) is 0.301. The molecule has 1 saturated carbocycles. The minimum atomic E-state index is -4.77. The molecular formula is C27H20F3N5O3. The molecule has 0 spiro atoms. The fraction of sp³-hybridized carbons (Fsp3) is 0.185. The number of halogens is 3. The average molecular weight is 519 g/mol. The fourth-order valence-electron chi connectivity index (χ4n) is 4.13. The van der Waals surface area contributed by atoms with Gasteiger partial charge in [0.05, 0.1) is 12.1 Å². The van der Waals surface area contributed by atoms with E-state index < -0.39 is 6.36 Å². The van der Waals surface area contributed by atoms with E-state index in [0.717, 1.165) is 29.3 Å². The van der Waals surface area contributed by atoms with Crippen molar-refractivity contribution in [3.63, 3.8) is 0 Å². The third kappa shape index (κ3) is 5.08. The zero-order chi connectivity index (χ0) is 26.3. The molecule has 1 fully saturated rings. The Morgan fingerprint density at radius 2 is 1.84 bits per heavy atom. The van der Waals surface area contributed by atoms with Crippen molar-refractivity contribution in [2.45, 2.75) is 31.8 Å². The number of hydrogen-bond acceptors (Lipinski definition) is 6. The lowest BCUT2D eigenvalue weighted by Crippen LogP contribution is -2.25. The van der Waals surface area contributed by atoms with Crippen molar-refractivity contribution >= 4 is 16.8 Å². The Balaban J connectivity index is 1.27. The maximum atomic E-state index is 12.5. The van der Waals surface area contributed by atoms with Gasteiger partial charge in [-0.25, -0.2) is 0 Å². The molecule has 1 aliphatic carbocycles. The van der Waals surface area contributed by atoms with E-state index in [4.69, 9.17) is 9.62 Å². The number of benzene rings is 3. The summed E-state index contributed by atoms with van der Waals surface area (Å²) < 4.78 is 48.5. The molecule has 0 atom stereocenters. The lowest BCUT2D eigenvalue weighted by atomic mass is 10.1. The van der Waals surface area contributed by atoms with Gasteiger partial charge < -0.3 is 14.6 Å². The first-order chi connectivity index (χ1) is 18.3. The van der Waals surface area contributed by atoms with Gasteiger partial charge in [-0.3, -0.25) is 9.48 Å². The lowest BCUT2D eigenvalue weighted by molar-refractivity contribution is -0.274. The molecule has 8 nitrogen and oxygen atoms in total. The van der Waals surface area contributed by atoms with Crippen molar-refractivity contribution < 1.29 is 27.2 Å². The number of aromatic nitrogens is 4. The number of nitrogens with zero attached hydrogens (tertiary/aromatic N) is 4. The number of hydrogen-bond donors (Lipinski definition) is 1. The van der Waals surface area contributed by atoms with Gasteiger partial charge in [-0.05, 0) is 60.9 Å². The van der Waals surface area contributed by atoms with E-state index in [1.165, 1.54) is 24.3 Å². The summed E-state index contributed by atoms with van der Waals surface area (Å²) in [5.41, 5.74) is 3.27. The van der Waals surface area contributed by atoms with E-state index in [2.05, 4.69) is 20.2 Å². The van der Waals surface area contributed by atoms with Crippen LogP contribution >= 0.6 is 0 Å². The highest BCUT2D eigenvalue weighted by atomic mass is 19.4. The molecule has 2 heterocycles. The van der Waals surface area contributed by atoms with Crippen LogP contribution in [0.4, 0.5) is 13.2 Å². The number of carbonyl (C=O) groups excluding carboxylic acids is 1. The molecule has 1 N–H and O–H groups in total. The van der Waals surface area contributed by atoms with Crippen LogP contribution in [0.15, 0.2) is 77.3 Å². The van der Waals surface area contributed by atoms with E-state index in [0.29, 0.717) is 23.4 Å². The van der Waals surface area contributed by atoms with Crippen LogP contribution in [0.3, 0.4) is 0 Å². The molecule has 5 aromatic rings. The molecule has 0 aliphatic heterocycles. The number of alkyl halides is 3. The van der Waals surface area contributed by atoms with Gasteiger partial charge >= 0.3 is 6.36 Å². The van der Waals surface area contributed by atoms with Crippen LogP contribution in [0.2, 0.25) is 0 Å². The summed E-state index contributed by atoms with van der Waals surface area (Å²) in [6.45, 7) is 0.409. The summed E-state index contributed by atoms with van der Waals surface area (Å²) in [5.74, 6) is -0.0600. The van der Waals surface area contributed by atoms with E-state index in [9.17, 15) is 18.0 Å². The molecule has 0 bridgehead atoms. The molecule has 0 radical (unpaired) electrons. The van der Waals surface area contributed by atoms with Crippen molar-refractivity contribution in [2.75, 3.05) is 0 Å². The number of nitrogens with one attached hydrogen (secondary N) is 1. The summed E-state index contributed by atoms with van der Waals surface area (Å²) in [6.07, 6.45) is -2.74. The predicted octanol–water partition coefficient (Wildman–Crippen LogP) is 5.59. The Bertz CT molecular complexity index is 1620. The number of fused-ring (bicyclic) bond motifs is 1. The number of ether oxygens (including phenoxy) is 1. The first-order valence-electron chi connectivity index (χ1n) is 11.9. The molecule has 2 aromatic heterocycles. The largest absolute Gasteiger partial charge is 0.573 e. The lowest BCUT2D eigenvalue weighted by Gasteiger charge is -2.08. The Labute approximate surface area is 214 Å². The Morgan fingerprint density at radius 1 is 1.05 bits per heavy atom. The van der Waals surface area contributed by atoms with E-state index in [-0.39, 0.29) is 29.4 Å². The number of carbonyl (C=O) groups is 1. The third-order valence-corrected chi connectivity index (χ3v) is 6.07. The molecule has 3 aromatic carbocycles. The van der Waals surface area contributed by atoms with Crippen molar-refractivity contribution in [3.05, 3.63) is 83.9 Å². The molecule has 11 heteroatoms. The summed E-state index contributed by atoms with van der Waals surface area (Å²) in [4.78, 5) is 16.9. The molecule has 38 heavy (non-hydrogen) atoms. The summed E-state index contributed by atoms with van der Waals surface area (Å²) >= 11 is 0. The maximum Gasteiger partial charge on any atom is 0.573 e. The predicted molar refractivity (Wildman–Crippen MR) is 131 cm³/mol. The monoisotopic (exact) mass is 519 g/mol. The van der Waals surface area contributed by atoms with Crippen molar-refractivity contribution in [1.82, 2.24) is 25.2 Å². The van der Waals surface area contributed by atoms with Gasteiger partial charge in [0.2, 0.25) is 5.82 Å². The zero-order valence-corrected chi connectivity index (χ0v) is 19.8. The van der Waals surface area contributed by atoms with Crippen molar-refractivity contribution in [3.8, 4) is 28.7 Å². The third-order valence-electron chi connectivity index (χ3n) is 6.07. The molecule has 0 saturated heterocycles. The van der Waals surface area contributed by atoms with Crippen LogP contribution in [-0.4, -0.2) is 38.2 Å². The van der Waals surface area contributed by atoms with Gasteiger partial charge in [-0.1, -0.05) is 35.5 Å². The van der Waals surface area contributed by atoms with Crippen LogP contribution in [0.1, 0.15) is 28.8 Å². The first kappa shape index (κ1) is 23.7. The minimum Gasteiger partial charge on any atom is -0.406 e. The highest BCUT2D eigenvalue weighted by molar-refractivity contribution is 5.95. The first-order valence-corrected chi connectivity index (χ1v) is 11.9. The molecule has 0 unspecified atom stereocenters. The topological polar surface area (TPSA) is 95.1 Å². The molecular weight excluding hydrogens is 499 g/mol. The van der Waals surface area contributed by atoms with E-state index in [1.807, 2.05) is 42.5 Å². The average Bonchev–Trinajstić information content (AvgIpc) is 3.44. The molecule has 192 valence electrons. The normalized spacial score (nSPS) is 13.6. The highest BCUT2D eigenvalue weighted by Crippen LogP contribution is 2.30. The second-order valence-corrected chi connectivity index (χ2v) is 8.97. The number of rotatable bonds is 7. The molecule has 6 rings (SSSR count). The van der Waals surface area contributed by atoms with E-state index in [1.54, 1.807) is 10.7 Å². The van der Waals surface area contributed by atoms with Gasteiger partial charge in [0.15, 0.2) is 5.69 Å². The van der Waals surface area contributed by atoms with Gasteiger partial charge in [0, 0.05) is 22.6 Å². The van der Waals surface area contributed by atoms with Crippen LogP contribution < -0.4 is 10.1 Å². The summed E-state index contributed by atoms with van der Waals surface area (Å²) in [5, 5.41) is 12.5. The van der Waals surface area contributed by atoms with E-state index >= 15 is 0 Å². The number of para-hydroxylation sites is 1. The highest BCUT2D eigenvalue weighted by Gasteiger charge is 2.31. The standard InChI is InChI=1S/C27H20F3N5O3/c28-27(29,30)37-20-12-8-17(9-13-20)24-32-26(38-34-24)23-21-6-1-2-7-22(21)35(33-23)15-16-4-3-5-18(14-16)25(36)31-19-10-11-19/h1-9,12-14,19H,10-11,15H2,(H,31,36). The smallest absolute Gasteiger partial charge is 0.406 e. The van der Waals surface area contributed by atoms with Gasteiger partial charge in [0.1, 0.15) is 5.75 Å². The van der Waals surface area contributed by atoms with Crippen LogP contribution in [-0.2, 0) is 6.54 Å². The second kappa shape index (κ2) is 9.33. The van der Waals surface area contributed by atoms with Crippen LogP contribution in [0.25, 0.3) is 33.9 Å². The summed E-state index contributed by atoms with van der Waals surface area (Å²) in [6, 6.07) is 20.5. The summed E-state index contributed by atoms with van der Waals surface area (Å²) in [7, 11) is 0. The fourth-order valence-corrected chi connectivity index (χ4v) is 4.13. The zero-order valence-electron chi connectivity index (χ0n) is 19.8. The second-order valence-electron chi connectivity index (χ2n) is 8.97. The Hall–Kier alpha value is -4.67. The molecule has 1 aliphatic rings. The number of amides is 1. The SMILES string of the molecule is O=C(NC1CC1)c1cccc(Cn2nc(-c3nc(-c4ccc(OC(F)(F)F)cc4)no3)c3ccccc32)c1. The van der Waals surface area contributed by atoms with Gasteiger partial charge in [-0.15, -0.1) is 13.2 Å². The Morgan fingerprint density at radius 3 is 2.61 bits per heavy atom. The van der Waals surface area contributed by atoms with Crippen LogP contribution in [0, 0.1) is 0 Å². The minimum absolute atomic E-state index is 0.0863. The van der Waals surface area contributed by atoms with Crippen molar-refractivity contribution in [1.29, 1.82) is 0 Å². The van der Waals surface area contributed by atoms with Gasteiger partial charge in [0.25, 0.3) is 11.8 Å². The van der Waals surface area contributed by atoms with Crippen LogP contribution in [0.5, 0.6) is 5.75 Å². The van der Waals surface area contributed by atoms with Gasteiger partial charge in [-0.2, -0.15) is 10.1 Å². The molecule has 1 amide bonds.